The van der Waals surface area contributed by atoms with Gasteiger partial charge in [0.25, 0.3) is 0 Å². The molecule has 0 aliphatic rings. The quantitative estimate of drug-likeness (QED) is 0.428. The summed E-state index contributed by atoms with van der Waals surface area (Å²) in [4.78, 5) is 10.2. The zero-order valence-electron chi connectivity index (χ0n) is 9.12. The van der Waals surface area contributed by atoms with E-state index in [1.807, 2.05) is 0 Å². The molecule has 0 bridgehead atoms. The van der Waals surface area contributed by atoms with E-state index in [-0.39, 0.29) is 0 Å². The zero-order chi connectivity index (χ0) is 11.5. The molecule has 0 amide bonds. The van der Waals surface area contributed by atoms with Crippen LogP contribution in [0.4, 0.5) is 0 Å². The van der Waals surface area contributed by atoms with Crippen LogP contribution in [0.5, 0.6) is 0 Å². The molecule has 0 heterocycles. The van der Waals surface area contributed by atoms with Crippen molar-refractivity contribution in [2.45, 2.75) is 26.2 Å². The number of rotatable bonds is 5. The lowest BCUT2D eigenvalue weighted by Gasteiger charge is -1.95. The SMILES string of the molecule is CCCC/C(C#COC)=C/C=C\C(=O)O. The summed E-state index contributed by atoms with van der Waals surface area (Å²) < 4.78 is 4.64. The van der Waals surface area contributed by atoms with Gasteiger partial charge in [-0.2, -0.15) is 0 Å². The number of aliphatic carboxylic acids is 1. The molecule has 0 aromatic heterocycles. The van der Waals surface area contributed by atoms with Crippen molar-refractivity contribution in [2.24, 2.45) is 0 Å². The second-order valence-corrected chi connectivity index (χ2v) is 2.92. The predicted octanol–water partition coefficient (Wildman–Crippen LogP) is 2.35. The molecule has 0 unspecified atom stereocenters. The third kappa shape index (κ3) is 8.63. The van der Waals surface area contributed by atoms with Crippen LogP contribution < -0.4 is 0 Å². The zero-order valence-corrected chi connectivity index (χ0v) is 9.12. The van der Waals surface area contributed by atoms with Gasteiger partial charge in [-0.05, 0) is 18.8 Å². The molecule has 0 spiro atoms. The Bertz CT molecular complexity index is 303. The van der Waals surface area contributed by atoms with E-state index in [4.69, 9.17) is 5.11 Å². The molecule has 0 aromatic carbocycles. The summed E-state index contributed by atoms with van der Waals surface area (Å²) in [6, 6.07) is 0. The lowest BCUT2D eigenvalue weighted by atomic mass is 10.1. The number of methoxy groups -OCH3 is 1. The molecule has 3 nitrogen and oxygen atoms in total. The minimum atomic E-state index is -0.958. The number of hydrogen-bond acceptors (Lipinski definition) is 2. The molecule has 0 saturated carbocycles. The first-order valence-corrected chi connectivity index (χ1v) is 4.84. The Morgan fingerprint density at radius 1 is 1.53 bits per heavy atom. The number of carbonyl (C=O) groups is 1. The summed E-state index contributed by atoms with van der Waals surface area (Å²) in [6.07, 6.45) is 9.72. The van der Waals surface area contributed by atoms with Gasteiger partial charge in [0.05, 0.1) is 7.11 Å². The normalized spacial score (nSPS) is 10.9. The molecular weight excluding hydrogens is 192 g/mol. The molecule has 0 atom stereocenters. The third-order valence-corrected chi connectivity index (χ3v) is 1.65. The monoisotopic (exact) mass is 208 g/mol. The predicted molar refractivity (Wildman–Crippen MR) is 59.2 cm³/mol. The second kappa shape index (κ2) is 8.89. The summed E-state index contributed by atoms with van der Waals surface area (Å²) in [7, 11) is 1.50. The van der Waals surface area contributed by atoms with Gasteiger partial charge in [0.15, 0.2) is 0 Å². The van der Waals surface area contributed by atoms with Gasteiger partial charge < -0.3 is 9.84 Å². The van der Waals surface area contributed by atoms with Gasteiger partial charge >= 0.3 is 5.97 Å². The van der Waals surface area contributed by atoms with Crippen molar-refractivity contribution in [1.29, 1.82) is 0 Å². The largest absolute Gasteiger partial charge is 0.478 e. The first-order chi connectivity index (χ1) is 7.20. The highest BCUT2D eigenvalue weighted by atomic mass is 16.5. The fraction of sp³-hybridized carbons (Fsp3) is 0.417. The number of unbranched alkanes of at least 4 members (excludes halogenated alkanes) is 1. The fourth-order valence-corrected chi connectivity index (χ4v) is 0.918. The maximum Gasteiger partial charge on any atom is 0.328 e. The summed E-state index contributed by atoms with van der Waals surface area (Å²) in [5, 5.41) is 8.40. The van der Waals surface area contributed by atoms with Crippen LogP contribution in [0.25, 0.3) is 0 Å². The van der Waals surface area contributed by atoms with Crippen molar-refractivity contribution in [3.05, 3.63) is 23.8 Å². The Kier molecular flexibility index (Phi) is 7.89. The lowest BCUT2D eigenvalue weighted by molar-refractivity contribution is -0.131. The number of allylic oxidation sites excluding steroid dienone is 3. The van der Waals surface area contributed by atoms with E-state index in [2.05, 4.69) is 23.7 Å². The Balaban J connectivity index is 4.39. The highest BCUT2D eigenvalue weighted by Crippen LogP contribution is 2.06. The highest BCUT2D eigenvalue weighted by Gasteiger charge is 1.91. The fourth-order valence-electron chi connectivity index (χ4n) is 0.918. The maximum absolute atomic E-state index is 10.2. The van der Waals surface area contributed by atoms with E-state index in [9.17, 15) is 4.79 Å². The molecule has 15 heavy (non-hydrogen) atoms. The topological polar surface area (TPSA) is 46.5 Å². The van der Waals surface area contributed by atoms with E-state index in [1.54, 1.807) is 6.08 Å². The van der Waals surface area contributed by atoms with Crippen molar-refractivity contribution in [3.8, 4) is 12.0 Å². The average Bonchev–Trinajstić information content (AvgIpc) is 2.20. The van der Waals surface area contributed by atoms with Crippen molar-refractivity contribution < 1.29 is 14.6 Å². The summed E-state index contributed by atoms with van der Waals surface area (Å²) in [5.74, 6) is 1.87. The van der Waals surface area contributed by atoms with Crippen LogP contribution in [0, 0.1) is 12.0 Å². The van der Waals surface area contributed by atoms with Crippen molar-refractivity contribution in [2.75, 3.05) is 7.11 Å². The van der Waals surface area contributed by atoms with Crippen LogP contribution in [0.15, 0.2) is 23.8 Å². The molecule has 0 fully saturated rings. The number of carboxylic acids is 1. The highest BCUT2D eigenvalue weighted by molar-refractivity contribution is 5.80. The summed E-state index contributed by atoms with van der Waals surface area (Å²) in [5.41, 5.74) is 0.885. The van der Waals surface area contributed by atoms with Crippen molar-refractivity contribution in [3.63, 3.8) is 0 Å². The minimum absolute atomic E-state index is 0.844. The second-order valence-electron chi connectivity index (χ2n) is 2.92. The average molecular weight is 208 g/mol. The molecule has 0 saturated heterocycles. The van der Waals surface area contributed by atoms with Gasteiger partial charge in [0.1, 0.15) is 6.11 Å². The number of carboxylic acid groups (broad SMARTS) is 1. The Morgan fingerprint density at radius 3 is 2.80 bits per heavy atom. The Labute approximate surface area is 90.4 Å². The molecule has 3 heteroatoms. The molecule has 1 N–H and O–H groups in total. The van der Waals surface area contributed by atoms with Crippen LogP contribution >= 0.6 is 0 Å². The number of hydrogen-bond donors (Lipinski definition) is 1. The molecule has 0 rings (SSSR count). The molecule has 0 aliphatic heterocycles. The first kappa shape index (κ1) is 13.3. The molecule has 0 radical (unpaired) electrons. The summed E-state index contributed by atoms with van der Waals surface area (Å²) >= 11 is 0. The standard InChI is InChI=1S/C12H16O3/c1-3-4-6-11(9-10-15-2)7-5-8-12(13)14/h5,7-8H,3-4,6H2,1-2H3,(H,13,14)/b8-5-,11-7-. The Hall–Kier alpha value is -1.69. The van der Waals surface area contributed by atoms with E-state index in [0.717, 1.165) is 30.9 Å². The third-order valence-electron chi connectivity index (χ3n) is 1.65. The molecule has 0 aromatic rings. The van der Waals surface area contributed by atoms with Gasteiger partial charge in [-0.25, -0.2) is 4.79 Å². The minimum Gasteiger partial charge on any atom is -0.478 e. The van der Waals surface area contributed by atoms with Gasteiger partial charge in [-0.15, -0.1) is 0 Å². The van der Waals surface area contributed by atoms with Crippen LogP contribution in [0.3, 0.4) is 0 Å². The van der Waals surface area contributed by atoms with Crippen LogP contribution in [-0.4, -0.2) is 18.2 Å². The lowest BCUT2D eigenvalue weighted by Crippen LogP contribution is -1.85. The van der Waals surface area contributed by atoms with Gasteiger partial charge in [0, 0.05) is 11.6 Å². The Morgan fingerprint density at radius 2 is 2.27 bits per heavy atom. The van der Waals surface area contributed by atoms with Crippen LogP contribution in [-0.2, 0) is 9.53 Å². The molecule has 82 valence electrons. The van der Waals surface area contributed by atoms with E-state index in [1.165, 1.54) is 13.2 Å². The molecule has 0 aliphatic carbocycles. The smallest absolute Gasteiger partial charge is 0.328 e. The van der Waals surface area contributed by atoms with E-state index in [0.29, 0.717) is 0 Å². The maximum atomic E-state index is 10.2. The van der Waals surface area contributed by atoms with Gasteiger partial charge in [0.2, 0.25) is 0 Å². The van der Waals surface area contributed by atoms with Crippen LogP contribution in [0.1, 0.15) is 26.2 Å². The van der Waals surface area contributed by atoms with Crippen LogP contribution in [0.2, 0.25) is 0 Å². The van der Waals surface area contributed by atoms with E-state index < -0.39 is 5.97 Å². The summed E-state index contributed by atoms with van der Waals surface area (Å²) in [6.45, 7) is 2.09. The molecular formula is C12H16O3. The first-order valence-electron chi connectivity index (χ1n) is 4.84. The number of ether oxygens (including phenoxy) is 1. The van der Waals surface area contributed by atoms with Gasteiger partial charge in [-0.1, -0.05) is 25.5 Å². The van der Waals surface area contributed by atoms with Crippen molar-refractivity contribution >= 4 is 5.97 Å². The van der Waals surface area contributed by atoms with Crippen molar-refractivity contribution in [1.82, 2.24) is 0 Å². The van der Waals surface area contributed by atoms with E-state index >= 15 is 0 Å². The van der Waals surface area contributed by atoms with Gasteiger partial charge in [-0.3, -0.25) is 0 Å².